The van der Waals surface area contributed by atoms with E-state index < -0.39 is 0 Å². The van der Waals surface area contributed by atoms with Crippen LogP contribution in [0.1, 0.15) is 30.7 Å². The van der Waals surface area contributed by atoms with Crippen LogP contribution in [0.5, 0.6) is 0 Å². The Balaban J connectivity index is 2.19. The SMILES string of the molecule is O=C1CC(=O)CC(c2ccc(Br)cc2)C1. The Morgan fingerprint density at radius 1 is 1.00 bits per heavy atom. The summed E-state index contributed by atoms with van der Waals surface area (Å²) in [6, 6.07) is 7.83. The Bertz CT molecular complexity index is 379. The minimum absolute atomic E-state index is 0.0687. The summed E-state index contributed by atoms with van der Waals surface area (Å²) in [5, 5.41) is 0. The number of carbonyl (C=O) groups excluding carboxylic acids is 2. The van der Waals surface area contributed by atoms with Gasteiger partial charge in [-0.3, -0.25) is 9.59 Å². The van der Waals surface area contributed by atoms with E-state index in [2.05, 4.69) is 15.9 Å². The molecule has 2 nitrogen and oxygen atoms in total. The Labute approximate surface area is 96.8 Å². The average Bonchev–Trinajstić information content (AvgIpc) is 2.17. The molecule has 0 heterocycles. The second kappa shape index (κ2) is 4.27. The van der Waals surface area contributed by atoms with Crippen molar-refractivity contribution in [3.63, 3.8) is 0 Å². The summed E-state index contributed by atoms with van der Waals surface area (Å²) in [7, 11) is 0. The van der Waals surface area contributed by atoms with Gasteiger partial charge >= 0.3 is 0 Å². The standard InChI is InChI=1S/C12H11BrO2/c13-10-3-1-8(2-4-10)9-5-11(14)7-12(15)6-9/h1-4,9H,5-7H2. The van der Waals surface area contributed by atoms with Gasteiger partial charge in [0.2, 0.25) is 0 Å². The van der Waals surface area contributed by atoms with Crippen LogP contribution >= 0.6 is 15.9 Å². The molecule has 0 aliphatic heterocycles. The zero-order valence-corrected chi connectivity index (χ0v) is 9.79. The van der Waals surface area contributed by atoms with Crippen LogP contribution in [0.3, 0.4) is 0 Å². The molecule has 0 spiro atoms. The first-order chi connectivity index (χ1) is 7.15. The lowest BCUT2D eigenvalue weighted by atomic mass is 9.83. The van der Waals surface area contributed by atoms with Crippen LogP contribution in [-0.4, -0.2) is 11.6 Å². The molecule has 0 N–H and O–H groups in total. The molecule has 3 heteroatoms. The van der Waals surface area contributed by atoms with Gasteiger partial charge in [-0.05, 0) is 23.6 Å². The normalized spacial score (nSPS) is 18.2. The van der Waals surface area contributed by atoms with Gasteiger partial charge in [0.15, 0.2) is 0 Å². The monoisotopic (exact) mass is 266 g/mol. The number of carbonyl (C=O) groups is 2. The van der Waals surface area contributed by atoms with Crippen LogP contribution < -0.4 is 0 Å². The molecule has 0 aromatic heterocycles. The number of hydrogen-bond acceptors (Lipinski definition) is 2. The zero-order valence-electron chi connectivity index (χ0n) is 8.20. The highest BCUT2D eigenvalue weighted by atomic mass is 79.9. The molecule has 0 saturated heterocycles. The van der Waals surface area contributed by atoms with Crippen LogP contribution in [-0.2, 0) is 9.59 Å². The third-order valence-corrected chi connectivity index (χ3v) is 3.21. The smallest absolute Gasteiger partial charge is 0.140 e. The first-order valence-corrected chi connectivity index (χ1v) is 5.73. The molecule has 0 atom stereocenters. The van der Waals surface area contributed by atoms with E-state index >= 15 is 0 Å². The highest BCUT2D eigenvalue weighted by Crippen LogP contribution is 2.29. The van der Waals surface area contributed by atoms with Gasteiger partial charge in [0.05, 0.1) is 6.42 Å². The van der Waals surface area contributed by atoms with Crippen LogP contribution in [0.15, 0.2) is 28.7 Å². The first-order valence-electron chi connectivity index (χ1n) is 4.94. The van der Waals surface area contributed by atoms with Crippen molar-refractivity contribution in [3.05, 3.63) is 34.3 Å². The van der Waals surface area contributed by atoms with E-state index in [4.69, 9.17) is 0 Å². The van der Waals surface area contributed by atoms with Gasteiger partial charge in [0, 0.05) is 17.3 Å². The minimum Gasteiger partial charge on any atom is -0.299 e. The summed E-state index contributed by atoms with van der Waals surface area (Å²) in [5.41, 5.74) is 1.08. The predicted octanol–water partition coefficient (Wildman–Crippen LogP) is 2.85. The number of hydrogen-bond donors (Lipinski definition) is 0. The second-order valence-electron chi connectivity index (χ2n) is 3.91. The van der Waals surface area contributed by atoms with E-state index in [1.54, 1.807) is 0 Å². The second-order valence-corrected chi connectivity index (χ2v) is 4.83. The van der Waals surface area contributed by atoms with Crippen LogP contribution in [0.2, 0.25) is 0 Å². The summed E-state index contributed by atoms with van der Waals surface area (Å²) in [6.07, 6.45) is 1.15. The van der Waals surface area contributed by atoms with Gasteiger partial charge in [-0.15, -0.1) is 0 Å². The lowest BCUT2D eigenvalue weighted by Gasteiger charge is -2.20. The van der Waals surface area contributed by atoms with E-state index in [1.807, 2.05) is 24.3 Å². The number of benzene rings is 1. The maximum Gasteiger partial charge on any atom is 0.140 e. The number of Topliss-reactive ketones (excluding diaryl/α,β-unsaturated/α-hetero) is 2. The predicted molar refractivity (Wildman–Crippen MR) is 60.7 cm³/mol. The molecule has 0 amide bonds. The van der Waals surface area contributed by atoms with Gasteiger partial charge in [-0.1, -0.05) is 28.1 Å². The quantitative estimate of drug-likeness (QED) is 0.733. The summed E-state index contributed by atoms with van der Waals surface area (Å²) < 4.78 is 1.01. The van der Waals surface area contributed by atoms with Crippen molar-refractivity contribution in [1.29, 1.82) is 0 Å². The van der Waals surface area contributed by atoms with Crippen molar-refractivity contribution < 1.29 is 9.59 Å². The fraction of sp³-hybridized carbons (Fsp3) is 0.333. The fourth-order valence-corrected chi connectivity index (χ4v) is 2.22. The topological polar surface area (TPSA) is 34.1 Å². The van der Waals surface area contributed by atoms with E-state index in [0.29, 0.717) is 12.8 Å². The maximum atomic E-state index is 11.3. The van der Waals surface area contributed by atoms with Crippen LogP contribution in [0, 0.1) is 0 Å². The van der Waals surface area contributed by atoms with Crippen molar-refractivity contribution in [2.45, 2.75) is 25.2 Å². The Hall–Kier alpha value is -0.960. The van der Waals surface area contributed by atoms with Crippen molar-refractivity contribution >= 4 is 27.5 Å². The van der Waals surface area contributed by atoms with E-state index in [9.17, 15) is 9.59 Å². The maximum absolute atomic E-state index is 11.3. The highest BCUT2D eigenvalue weighted by molar-refractivity contribution is 9.10. The third-order valence-electron chi connectivity index (χ3n) is 2.68. The molecule has 1 aromatic carbocycles. The van der Waals surface area contributed by atoms with Crippen LogP contribution in [0.4, 0.5) is 0 Å². The molecule has 15 heavy (non-hydrogen) atoms. The summed E-state index contributed by atoms with van der Waals surface area (Å²) in [5.74, 6) is 0.227. The fourth-order valence-electron chi connectivity index (χ4n) is 1.96. The number of halogens is 1. The third kappa shape index (κ3) is 2.53. The molecule has 1 aliphatic carbocycles. The lowest BCUT2D eigenvalue weighted by molar-refractivity contribution is -0.130. The van der Waals surface area contributed by atoms with Gasteiger partial charge in [-0.2, -0.15) is 0 Å². The molecule has 0 unspecified atom stereocenters. The van der Waals surface area contributed by atoms with Crippen molar-refractivity contribution in [3.8, 4) is 0 Å². The van der Waals surface area contributed by atoms with Gasteiger partial charge in [0.25, 0.3) is 0 Å². The molecular formula is C12H11BrO2. The molecule has 78 valence electrons. The van der Waals surface area contributed by atoms with Gasteiger partial charge in [0.1, 0.15) is 11.6 Å². The van der Waals surface area contributed by atoms with Gasteiger partial charge in [-0.25, -0.2) is 0 Å². The molecular weight excluding hydrogens is 256 g/mol. The van der Waals surface area contributed by atoms with E-state index in [1.165, 1.54) is 0 Å². The molecule has 1 fully saturated rings. The molecule has 0 radical (unpaired) electrons. The summed E-state index contributed by atoms with van der Waals surface area (Å²) in [4.78, 5) is 22.6. The van der Waals surface area contributed by atoms with Crippen molar-refractivity contribution in [2.75, 3.05) is 0 Å². The molecule has 1 aromatic rings. The molecule has 0 bridgehead atoms. The highest BCUT2D eigenvalue weighted by Gasteiger charge is 2.26. The minimum atomic E-state index is 0.0687. The lowest BCUT2D eigenvalue weighted by Crippen LogP contribution is -2.21. The Morgan fingerprint density at radius 2 is 1.53 bits per heavy atom. The molecule has 2 rings (SSSR count). The summed E-state index contributed by atoms with van der Waals surface area (Å²) in [6.45, 7) is 0. The Morgan fingerprint density at radius 3 is 2.07 bits per heavy atom. The van der Waals surface area contributed by atoms with Gasteiger partial charge < -0.3 is 0 Å². The van der Waals surface area contributed by atoms with Crippen LogP contribution in [0.25, 0.3) is 0 Å². The Kier molecular flexibility index (Phi) is 3.00. The number of rotatable bonds is 1. The van der Waals surface area contributed by atoms with Crippen molar-refractivity contribution in [1.82, 2.24) is 0 Å². The van der Waals surface area contributed by atoms with E-state index in [0.717, 1.165) is 10.0 Å². The van der Waals surface area contributed by atoms with Crippen molar-refractivity contribution in [2.24, 2.45) is 0 Å². The summed E-state index contributed by atoms with van der Waals surface area (Å²) >= 11 is 3.36. The molecule has 1 aliphatic rings. The largest absolute Gasteiger partial charge is 0.299 e. The molecule has 1 saturated carbocycles. The number of ketones is 2. The van der Waals surface area contributed by atoms with E-state index in [-0.39, 0.29) is 23.9 Å². The average molecular weight is 267 g/mol. The zero-order chi connectivity index (χ0) is 10.8. The first kappa shape index (κ1) is 10.6.